The number of carbonyl (C=O) groups is 2. The molecule has 0 N–H and O–H groups in total. The lowest BCUT2D eigenvalue weighted by Crippen LogP contribution is -2.18. The van der Waals surface area contributed by atoms with Crippen LogP contribution in [0.1, 0.15) is 16.2 Å². The van der Waals surface area contributed by atoms with Gasteiger partial charge in [-0.3, -0.25) is 0 Å². The van der Waals surface area contributed by atoms with Gasteiger partial charge in [-0.05, 0) is 42.7 Å². The summed E-state index contributed by atoms with van der Waals surface area (Å²) in [6.45, 7) is 0.0646. The van der Waals surface area contributed by atoms with Crippen LogP contribution >= 0.6 is 11.8 Å². The van der Waals surface area contributed by atoms with E-state index in [-0.39, 0.29) is 6.54 Å². The van der Waals surface area contributed by atoms with Gasteiger partial charge in [-0.25, -0.2) is 14.6 Å². The third kappa shape index (κ3) is 3.88. The molecule has 2 aromatic carbocycles. The SMILES string of the molecule is COC(=O)c1ccc(OC(=O)Cn2c(CSC)nc3ccccc32)cc1. The van der Waals surface area contributed by atoms with E-state index in [1.165, 1.54) is 7.11 Å². The molecule has 1 heterocycles. The van der Waals surface area contributed by atoms with E-state index in [0.29, 0.717) is 17.1 Å². The van der Waals surface area contributed by atoms with Crippen molar-refractivity contribution in [2.45, 2.75) is 12.3 Å². The summed E-state index contributed by atoms with van der Waals surface area (Å²) in [5.41, 5.74) is 2.15. The van der Waals surface area contributed by atoms with Gasteiger partial charge in [-0.1, -0.05) is 12.1 Å². The van der Waals surface area contributed by atoms with Crippen molar-refractivity contribution in [3.63, 3.8) is 0 Å². The van der Waals surface area contributed by atoms with Crippen molar-refractivity contribution in [1.29, 1.82) is 0 Å². The first-order valence-corrected chi connectivity index (χ1v) is 9.34. The maximum absolute atomic E-state index is 12.4. The highest BCUT2D eigenvalue weighted by atomic mass is 32.2. The molecule has 0 bridgehead atoms. The summed E-state index contributed by atoms with van der Waals surface area (Å²) in [7, 11) is 1.32. The first-order valence-electron chi connectivity index (χ1n) is 7.94. The molecule has 0 radical (unpaired) electrons. The summed E-state index contributed by atoms with van der Waals surface area (Å²) in [6, 6.07) is 13.9. The molecule has 3 aromatic rings. The largest absolute Gasteiger partial charge is 0.465 e. The Labute approximate surface area is 155 Å². The zero-order chi connectivity index (χ0) is 18.5. The predicted octanol–water partition coefficient (Wildman–Crippen LogP) is 3.29. The number of esters is 2. The molecule has 7 heteroatoms. The third-order valence-corrected chi connectivity index (χ3v) is 4.35. The van der Waals surface area contributed by atoms with Crippen LogP contribution in [0.3, 0.4) is 0 Å². The summed E-state index contributed by atoms with van der Waals surface area (Å²) in [5.74, 6) is 1.07. The van der Waals surface area contributed by atoms with Gasteiger partial charge in [-0.2, -0.15) is 11.8 Å². The average molecular weight is 370 g/mol. The number of carbonyl (C=O) groups excluding carboxylic acids is 2. The number of hydrogen-bond donors (Lipinski definition) is 0. The topological polar surface area (TPSA) is 70.4 Å². The fourth-order valence-corrected chi connectivity index (χ4v) is 3.09. The lowest BCUT2D eigenvalue weighted by atomic mass is 10.2. The Bertz CT molecular complexity index is 934. The molecule has 0 fully saturated rings. The van der Waals surface area contributed by atoms with Gasteiger partial charge in [0.25, 0.3) is 0 Å². The van der Waals surface area contributed by atoms with E-state index in [0.717, 1.165) is 16.9 Å². The Morgan fingerprint density at radius 1 is 1.12 bits per heavy atom. The molecule has 0 spiro atoms. The van der Waals surface area contributed by atoms with E-state index >= 15 is 0 Å². The van der Waals surface area contributed by atoms with Gasteiger partial charge in [0.2, 0.25) is 0 Å². The van der Waals surface area contributed by atoms with E-state index in [2.05, 4.69) is 9.72 Å². The van der Waals surface area contributed by atoms with Crippen LogP contribution in [0.5, 0.6) is 5.75 Å². The minimum atomic E-state index is -0.436. The molecule has 0 atom stereocenters. The highest BCUT2D eigenvalue weighted by Crippen LogP contribution is 2.20. The first-order chi connectivity index (χ1) is 12.6. The fourth-order valence-electron chi connectivity index (χ4n) is 2.61. The molecule has 0 unspecified atom stereocenters. The summed E-state index contributed by atoms with van der Waals surface area (Å²) in [5, 5.41) is 0. The Morgan fingerprint density at radius 2 is 1.85 bits per heavy atom. The van der Waals surface area contributed by atoms with Crippen LogP contribution < -0.4 is 4.74 Å². The molecule has 6 nitrogen and oxygen atoms in total. The number of nitrogens with zero attached hydrogens (tertiary/aromatic N) is 2. The van der Waals surface area contributed by atoms with Crippen molar-refractivity contribution in [3.8, 4) is 5.75 Å². The van der Waals surface area contributed by atoms with Crippen LogP contribution in [0, 0.1) is 0 Å². The number of fused-ring (bicyclic) bond motifs is 1. The van der Waals surface area contributed by atoms with Crippen molar-refractivity contribution in [2.75, 3.05) is 13.4 Å². The number of methoxy groups -OCH3 is 1. The van der Waals surface area contributed by atoms with Crippen LogP contribution in [0.2, 0.25) is 0 Å². The fraction of sp³-hybridized carbons (Fsp3) is 0.211. The Kier molecular flexibility index (Phi) is 5.58. The van der Waals surface area contributed by atoms with Gasteiger partial charge in [-0.15, -0.1) is 0 Å². The number of rotatable bonds is 6. The minimum Gasteiger partial charge on any atom is -0.465 e. The van der Waals surface area contributed by atoms with Gasteiger partial charge in [0, 0.05) is 0 Å². The van der Waals surface area contributed by atoms with Gasteiger partial charge in [0.15, 0.2) is 0 Å². The second-order valence-corrected chi connectivity index (χ2v) is 6.39. The number of ether oxygens (including phenoxy) is 2. The minimum absolute atomic E-state index is 0.0646. The zero-order valence-corrected chi connectivity index (χ0v) is 15.3. The number of thioether (sulfide) groups is 1. The van der Waals surface area contributed by atoms with Crippen LogP contribution in [-0.4, -0.2) is 34.9 Å². The standard InChI is InChI=1S/C19H18N2O4S/c1-24-19(23)13-7-9-14(10-8-13)25-18(22)11-21-16-6-4-3-5-15(16)20-17(21)12-26-2/h3-10H,11-12H2,1-2H3. The monoisotopic (exact) mass is 370 g/mol. The van der Waals surface area contributed by atoms with E-state index in [1.807, 2.05) is 35.1 Å². The Hall–Kier alpha value is -2.80. The smallest absolute Gasteiger partial charge is 0.337 e. The number of para-hydroxylation sites is 2. The molecule has 0 saturated heterocycles. The first kappa shape index (κ1) is 18.0. The lowest BCUT2D eigenvalue weighted by Gasteiger charge is -2.09. The van der Waals surface area contributed by atoms with E-state index < -0.39 is 11.9 Å². The molecular weight excluding hydrogens is 352 g/mol. The highest BCUT2D eigenvalue weighted by Gasteiger charge is 2.15. The lowest BCUT2D eigenvalue weighted by molar-refractivity contribution is -0.135. The summed E-state index contributed by atoms with van der Waals surface area (Å²) in [6.07, 6.45) is 1.99. The second kappa shape index (κ2) is 8.05. The van der Waals surface area contributed by atoms with Gasteiger partial charge >= 0.3 is 11.9 Å². The van der Waals surface area contributed by atoms with Gasteiger partial charge in [0.1, 0.15) is 18.1 Å². The van der Waals surface area contributed by atoms with E-state index in [1.54, 1.807) is 36.0 Å². The number of aromatic nitrogens is 2. The second-order valence-electron chi connectivity index (χ2n) is 5.53. The zero-order valence-electron chi connectivity index (χ0n) is 14.5. The quantitative estimate of drug-likeness (QED) is 0.490. The molecular formula is C19H18N2O4S. The third-order valence-electron chi connectivity index (χ3n) is 3.80. The van der Waals surface area contributed by atoms with Crippen molar-refractivity contribution >= 4 is 34.7 Å². The number of imidazole rings is 1. The number of hydrogen-bond acceptors (Lipinski definition) is 6. The van der Waals surface area contributed by atoms with Crippen molar-refractivity contribution < 1.29 is 19.1 Å². The number of benzene rings is 2. The Balaban J connectivity index is 1.77. The molecule has 134 valence electrons. The molecule has 0 aliphatic carbocycles. The maximum atomic E-state index is 12.4. The Morgan fingerprint density at radius 3 is 2.54 bits per heavy atom. The van der Waals surface area contributed by atoms with Crippen molar-refractivity contribution in [1.82, 2.24) is 9.55 Å². The average Bonchev–Trinajstić information content (AvgIpc) is 2.99. The molecule has 26 heavy (non-hydrogen) atoms. The summed E-state index contributed by atoms with van der Waals surface area (Å²) in [4.78, 5) is 28.4. The van der Waals surface area contributed by atoms with Crippen LogP contribution in [0.4, 0.5) is 0 Å². The highest BCUT2D eigenvalue weighted by molar-refractivity contribution is 7.97. The molecule has 1 aromatic heterocycles. The van der Waals surface area contributed by atoms with Crippen LogP contribution in [0.25, 0.3) is 11.0 Å². The molecule has 0 aliphatic heterocycles. The van der Waals surface area contributed by atoms with Crippen molar-refractivity contribution in [2.24, 2.45) is 0 Å². The molecule has 0 amide bonds. The van der Waals surface area contributed by atoms with Crippen LogP contribution in [-0.2, 0) is 21.8 Å². The van der Waals surface area contributed by atoms with E-state index in [4.69, 9.17) is 4.74 Å². The summed E-state index contributed by atoms with van der Waals surface area (Å²) >= 11 is 1.64. The van der Waals surface area contributed by atoms with Gasteiger partial charge in [0.05, 0.1) is 29.5 Å². The van der Waals surface area contributed by atoms with Crippen molar-refractivity contribution in [3.05, 3.63) is 59.9 Å². The maximum Gasteiger partial charge on any atom is 0.337 e. The van der Waals surface area contributed by atoms with E-state index in [9.17, 15) is 9.59 Å². The van der Waals surface area contributed by atoms with Gasteiger partial charge < -0.3 is 14.0 Å². The molecule has 3 rings (SSSR count). The summed E-state index contributed by atoms with van der Waals surface area (Å²) < 4.78 is 11.9. The molecule has 0 saturated carbocycles. The van der Waals surface area contributed by atoms with Crippen LogP contribution in [0.15, 0.2) is 48.5 Å². The normalized spacial score (nSPS) is 10.7. The molecule has 0 aliphatic rings. The predicted molar refractivity (Wildman–Crippen MR) is 100 cm³/mol.